The standard InChI is InChI=1S/C27H19ClF4N4O4/c28-17-3-10-22-21(11-17)23(12-24(34-22)27(30,31)32)33-13-26(16-1-4-18(29)5-2-16)14-35(15-26)25(37)40-20-8-6-19(7-9-20)36(38)39/h1-12H,13-15H2,(H,33,34). The van der Waals surface area contributed by atoms with Crippen molar-refractivity contribution in [2.45, 2.75) is 11.6 Å². The molecule has 5 rings (SSSR count). The molecule has 4 aromatic rings. The van der Waals surface area contributed by atoms with Gasteiger partial charge in [-0.25, -0.2) is 14.2 Å². The number of carbonyl (C=O) groups excluding carboxylic acids is 1. The molecule has 3 aromatic carbocycles. The summed E-state index contributed by atoms with van der Waals surface area (Å²) in [4.78, 5) is 28.1. The lowest BCUT2D eigenvalue weighted by Crippen LogP contribution is -2.64. The summed E-state index contributed by atoms with van der Waals surface area (Å²) in [7, 11) is 0. The Kier molecular flexibility index (Phi) is 6.96. The molecule has 13 heteroatoms. The van der Waals surface area contributed by atoms with Crippen molar-refractivity contribution in [2.24, 2.45) is 0 Å². The minimum absolute atomic E-state index is 0.0862. The normalized spacial score (nSPS) is 14.5. The van der Waals surface area contributed by atoms with Crippen molar-refractivity contribution in [2.75, 3.05) is 25.0 Å². The number of hydrogen-bond acceptors (Lipinski definition) is 6. The zero-order valence-corrected chi connectivity index (χ0v) is 21.2. The lowest BCUT2D eigenvalue weighted by atomic mass is 9.73. The van der Waals surface area contributed by atoms with E-state index in [2.05, 4.69) is 10.3 Å². The van der Waals surface area contributed by atoms with Crippen LogP contribution in [0.5, 0.6) is 5.75 Å². The number of anilines is 1. The number of nitrogens with one attached hydrogen (secondary N) is 1. The molecule has 2 heterocycles. The van der Waals surface area contributed by atoms with Gasteiger partial charge >= 0.3 is 12.3 Å². The Morgan fingerprint density at radius 3 is 2.38 bits per heavy atom. The summed E-state index contributed by atoms with van der Waals surface area (Å²) in [5, 5.41) is 14.6. The Morgan fingerprint density at radius 2 is 1.75 bits per heavy atom. The number of likely N-dealkylation sites (tertiary alicyclic amines) is 1. The summed E-state index contributed by atoms with van der Waals surface area (Å²) >= 11 is 6.10. The quantitative estimate of drug-likeness (QED) is 0.154. The molecule has 1 N–H and O–H groups in total. The molecule has 0 bridgehead atoms. The van der Waals surface area contributed by atoms with E-state index in [9.17, 15) is 32.5 Å². The van der Waals surface area contributed by atoms with Gasteiger partial charge in [0.2, 0.25) is 0 Å². The average molecular weight is 575 g/mol. The smallest absolute Gasteiger partial charge is 0.410 e. The highest BCUT2D eigenvalue weighted by molar-refractivity contribution is 6.31. The largest absolute Gasteiger partial charge is 0.433 e. The number of halogens is 5. The van der Waals surface area contributed by atoms with Gasteiger partial charge in [-0.05, 0) is 54.1 Å². The lowest BCUT2D eigenvalue weighted by Gasteiger charge is -2.50. The molecule has 1 aromatic heterocycles. The van der Waals surface area contributed by atoms with Crippen LogP contribution < -0.4 is 10.1 Å². The number of nitrogens with zero attached hydrogens (tertiary/aromatic N) is 3. The van der Waals surface area contributed by atoms with Crippen molar-refractivity contribution < 1.29 is 32.0 Å². The molecule has 8 nitrogen and oxygen atoms in total. The van der Waals surface area contributed by atoms with Crippen LogP contribution >= 0.6 is 11.6 Å². The van der Waals surface area contributed by atoms with E-state index in [-0.39, 0.29) is 42.3 Å². The van der Waals surface area contributed by atoms with Gasteiger partial charge in [-0.3, -0.25) is 10.1 Å². The first-order valence-electron chi connectivity index (χ1n) is 11.8. The summed E-state index contributed by atoms with van der Waals surface area (Å²) in [6.07, 6.45) is -5.40. The maximum atomic E-state index is 13.7. The number of alkyl halides is 3. The SMILES string of the molecule is O=C(Oc1ccc([N+](=O)[O-])cc1)N1CC(CNc2cc(C(F)(F)F)nc3ccc(Cl)cc23)(c2ccc(F)cc2)C1. The number of hydrogen-bond donors (Lipinski definition) is 1. The zero-order valence-electron chi connectivity index (χ0n) is 20.4. The van der Waals surface area contributed by atoms with E-state index >= 15 is 0 Å². The van der Waals surface area contributed by atoms with Crippen molar-refractivity contribution in [1.82, 2.24) is 9.88 Å². The fourth-order valence-electron chi connectivity index (χ4n) is 4.57. The van der Waals surface area contributed by atoms with E-state index in [0.29, 0.717) is 16.0 Å². The summed E-state index contributed by atoms with van der Waals surface area (Å²) in [6, 6.07) is 15.9. The van der Waals surface area contributed by atoms with E-state index < -0.39 is 34.1 Å². The van der Waals surface area contributed by atoms with Gasteiger partial charge in [0.15, 0.2) is 0 Å². The number of aromatic nitrogens is 1. The topological polar surface area (TPSA) is 97.6 Å². The Hall–Kier alpha value is -4.45. The molecule has 1 saturated heterocycles. The second kappa shape index (κ2) is 10.3. The van der Waals surface area contributed by atoms with Crippen molar-refractivity contribution in [3.8, 4) is 5.75 Å². The van der Waals surface area contributed by atoms with Crippen molar-refractivity contribution in [3.63, 3.8) is 0 Å². The molecule has 0 radical (unpaired) electrons. The van der Waals surface area contributed by atoms with Crippen LogP contribution in [0.3, 0.4) is 0 Å². The number of nitro groups is 1. The Bertz CT molecular complexity index is 1590. The highest BCUT2D eigenvalue weighted by atomic mass is 35.5. The molecule has 40 heavy (non-hydrogen) atoms. The van der Waals surface area contributed by atoms with Crippen LogP contribution in [-0.2, 0) is 11.6 Å². The number of nitro benzene ring substituents is 1. The highest BCUT2D eigenvalue weighted by Crippen LogP contribution is 2.38. The zero-order chi connectivity index (χ0) is 28.7. The van der Waals surface area contributed by atoms with Gasteiger partial charge < -0.3 is 15.0 Å². The molecule has 1 fully saturated rings. The summed E-state index contributed by atoms with van der Waals surface area (Å²) in [5.41, 5.74) is -1.14. The first-order chi connectivity index (χ1) is 18.9. The van der Waals surface area contributed by atoms with Gasteiger partial charge in [-0.2, -0.15) is 13.2 Å². The van der Waals surface area contributed by atoms with Crippen molar-refractivity contribution >= 4 is 40.0 Å². The van der Waals surface area contributed by atoms with E-state index in [1.54, 1.807) is 12.1 Å². The fourth-order valence-corrected chi connectivity index (χ4v) is 4.74. The Labute approximate surface area is 229 Å². The predicted molar refractivity (Wildman–Crippen MR) is 139 cm³/mol. The highest BCUT2D eigenvalue weighted by Gasteiger charge is 2.47. The minimum Gasteiger partial charge on any atom is -0.410 e. The predicted octanol–water partition coefficient (Wildman–Crippen LogP) is 6.82. The van der Waals surface area contributed by atoms with E-state index in [1.807, 2.05) is 0 Å². The van der Waals surface area contributed by atoms with E-state index in [0.717, 1.165) is 6.07 Å². The van der Waals surface area contributed by atoms with Crippen LogP contribution in [-0.4, -0.2) is 40.5 Å². The van der Waals surface area contributed by atoms with Crippen LogP contribution in [0.4, 0.5) is 33.7 Å². The van der Waals surface area contributed by atoms with Crippen molar-refractivity contribution in [3.05, 3.63) is 105 Å². The summed E-state index contributed by atoms with van der Waals surface area (Å²) in [6.45, 7) is 0.295. The molecule has 206 valence electrons. The first-order valence-corrected chi connectivity index (χ1v) is 12.2. The lowest BCUT2D eigenvalue weighted by molar-refractivity contribution is -0.384. The van der Waals surface area contributed by atoms with Gasteiger partial charge in [0.1, 0.15) is 17.3 Å². The summed E-state index contributed by atoms with van der Waals surface area (Å²) in [5.74, 6) is -0.363. The molecule has 1 amide bonds. The molecular weight excluding hydrogens is 556 g/mol. The summed E-state index contributed by atoms with van der Waals surface area (Å²) < 4.78 is 59.7. The second-order valence-corrected chi connectivity index (χ2v) is 9.77. The maximum Gasteiger partial charge on any atom is 0.433 e. The van der Waals surface area contributed by atoms with Gasteiger partial charge in [0.25, 0.3) is 5.69 Å². The number of amides is 1. The van der Waals surface area contributed by atoms with Gasteiger partial charge in [0, 0.05) is 53.3 Å². The molecule has 0 atom stereocenters. The molecule has 1 aliphatic rings. The molecule has 1 aliphatic heterocycles. The van der Waals surface area contributed by atoms with Crippen LogP contribution in [0.15, 0.2) is 72.8 Å². The third-order valence-electron chi connectivity index (χ3n) is 6.63. The number of carbonyl (C=O) groups is 1. The van der Waals surface area contributed by atoms with Gasteiger partial charge in [-0.15, -0.1) is 0 Å². The van der Waals surface area contributed by atoms with Gasteiger partial charge in [0.05, 0.1) is 10.4 Å². The first kappa shape index (κ1) is 27.1. The van der Waals surface area contributed by atoms with Crippen LogP contribution in [0, 0.1) is 15.9 Å². The van der Waals surface area contributed by atoms with Gasteiger partial charge in [-0.1, -0.05) is 23.7 Å². The number of pyridine rings is 1. The van der Waals surface area contributed by atoms with E-state index in [1.165, 1.54) is 59.5 Å². The third kappa shape index (κ3) is 5.48. The molecule has 0 spiro atoms. The third-order valence-corrected chi connectivity index (χ3v) is 6.87. The molecular formula is C27H19ClF4N4O4. The monoisotopic (exact) mass is 574 g/mol. The average Bonchev–Trinajstić information content (AvgIpc) is 2.88. The van der Waals surface area contributed by atoms with Crippen LogP contribution in [0.25, 0.3) is 10.9 Å². The number of benzene rings is 3. The molecule has 0 saturated carbocycles. The molecule has 0 unspecified atom stereocenters. The minimum atomic E-state index is -4.69. The van der Waals surface area contributed by atoms with Crippen molar-refractivity contribution in [1.29, 1.82) is 0 Å². The molecule has 0 aliphatic carbocycles. The Morgan fingerprint density at radius 1 is 1.07 bits per heavy atom. The number of ether oxygens (including phenoxy) is 1. The van der Waals surface area contributed by atoms with E-state index in [4.69, 9.17) is 16.3 Å². The number of non-ortho nitro benzene ring substituents is 1. The van der Waals surface area contributed by atoms with Crippen LogP contribution in [0.2, 0.25) is 5.02 Å². The number of fused-ring (bicyclic) bond motifs is 1. The second-order valence-electron chi connectivity index (χ2n) is 9.33. The number of rotatable bonds is 6. The van der Waals surface area contributed by atoms with Crippen LogP contribution in [0.1, 0.15) is 11.3 Å². The Balaban J connectivity index is 1.39. The maximum absolute atomic E-state index is 13.7. The fraction of sp³-hybridized carbons (Fsp3) is 0.185.